The van der Waals surface area contributed by atoms with E-state index in [1.807, 2.05) is 30.3 Å². The number of aliphatic hydroxyl groups excluding tert-OH is 4. The van der Waals surface area contributed by atoms with E-state index >= 15 is 0 Å². The molecule has 0 aromatic heterocycles. The first-order chi connectivity index (χ1) is 8.63. The molecule has 1 aromatic rings. The molecule has 2 unspecified atom stereocenters. The summed E-state index contributed by atoms with van der Waals surface area (Å²) >= 11 is 0. The zero-order chi connectivity index (χ0) is 13.1. The highest BCUT2D eigenvalue weighted by molar-refractivity contribution is 5.17. The Kier molecular flexibility index (Phi) is 4.31. The lowest BCUT2D eigenvalue weighted by molar-refractivity contribution is -0.119. The number of hydrogen-bond acceptors (Lipinski definition) is 5. The lowest BCUT2D eigenvalue weighted by Crippen LogP contribution is -2.66. The summed E-state index contributed by atoms with van der Waals surface area (Å²) in [5.41, 5.74) is 1.02. The van der Waals surface area contributed by atoms with E-state index in [2.05, 4.69) is 5.32 Å². The Balaban J connectivity index is 2.08. The molecule has 100 valence electrons. The molecule has 0 aliphatic carbocycles. The van der Waals surface area contributed by atoms with Crippen molar-refractivity contribution >= 4 is 0 Å². The monoisotopic (exact) mass is 253 g/mol. The van der Waals surface area contributed by atoms with Gasteiger partial charge in [-0.05, 0) is 12.0 Å². The molecule has 1 aromatic carbocycles. The second kappa shape index (κ2) is 5.77. The highest BCUT2D eigenvalue weighted by Crippen LogP contribution is 2.18. The van der Waals surface area contributed by atoms with E-state index in [1.54, 1.807) is 0 Å². The molecule has 1 heterocycles. The van der Waals surface area contributed by atoms with Crippen molar-refractivity contribution in [3.05, 3.63) is 35.9 Å². The van der Waals surface area contributed by atoms with Crippen LogP contribution < -0.4 is 5.32 Å². The maximum absolute atomic E-state index is 9.93. The standard InChI is InChI=1S/C13H19NO4/c15-7-10-12(17)13(18)11(16)9(14-10)6-8-4-2-1-3-5-8/h1-5,9-18H,6-7H2/t9?,10?,11-,12+,13+/m0/s1. The largest absolute Gasteiger partial charge is 0.395 e. The van der Waals surface area contributed by atoms with Crippen molar-refractivity contribution in [2.24, 2.45) is 0 Å². The Morgan fingerprint density at radius 1 is 0.889 bits per heavy atom. The first-order valence-electron chi connectivity index (χ1n) is 6.08. The number of rotatable bonds is 3. The van der Waals surface area contributed by atoms with Crippen LogP contribution in [0.15, 0.2) is 30.3 Å². The molecule has 18 heavy (non-hydrogen) atoms. The SMILES string of the molecule is OCC1NC(Cc2ccccc2)[C@H](O)[C@@H](O)[C@@H]1O. The lowest BCUT2D eigenvalue weighted by Gasteiger charge is -2.41. The van der Waals surface area contributed by atoms with Crippen LogP contribution in [0.2, 0.25) is 0 Å². The van der Waals surface area contributed by atoms with Gasteiger partial charge < -0.3 is 25.7 Å². The molecule has 1 fully saturated rings. The van der Waals surface area contributed by atoms with Crippen LogP contribution in [0.4, 0.5) is 0 Å². The van der Waals surface area contributed by atoms with Gasteiger partial charge in [-0.15, -0.1) is 0 Å². The fraction of sp³-hybridized carbons (Fsp3) is 0.538. The van der Waals surface area contributed by atoms with E-state index in [4.69, 9.17) is 5.11 Å². The Labute approximate surface area is 106 Å². The third kappa shape index (κ3) is 2.71. The summed E-state index contributed by atoms with van der Waals surface area (Å²) < 4.78 is 0. The molecule has 0 bridgehead atoms. The van der Waals surface area contributed by atoms with Crippen molar-refractivity contribution in [3.8, 4) is 0 Å². The normalized spacial score (nSPS) is 36.6. The van der Waals surface area contributed by atoms with Gasteiger partial charge in [0.25, 0.3) is 0 Å². The van der Waals surface area contributed by atoms with Crippen molar-refractivity contribution in [1.29, 1.82) is 0 Å². The Morgan fingerprint density at radius 3 is 2.11 bits per heavy atom. The van der Waals surface area contributed by atoms with Crippen LogP contribution >= 0.6 is 0 Å². The highest BCUT2D eigenvalue weighted by atomic mass is 16.4. The molecule has 1 aliphatic heterocycles. The molecule has 2 rings (SSSR count). The van der Waals surface area contributed by atoms with E-state index < -0.39 is 24.4 Å². The van der Waals surface area contributed by atoms with E-state index in [1.165, 1.54) is 0 Å². The van der Waals surface area contributed by atoms with Crippen LogP contribution in [0.1, 0.15) is 5.56 Å². The molecule has 0 amide bonds. The predicted octanol–water partition coefficient (Wildman–Crippen LogP) is -1.36. The van der Waals surface area contributed by atoms with Gasteiger partial charge in [0.15, 0.2) is 0 Å². The lowest BCUT2D eigenvalue weighted by atomic mass is 9.87. The van der Waals surface area contributed by atoms with Gasteiger partial charge in [0.1, 0.15) is 6.10 Å². The minimum absolute atomic E-state index is 0.282. The van der Waals surface area contributed by atoms with Gasteiger partial charge >= 0.3 is 0 Å². The summed E-state index contributed by atoms with van der Waals surface area (Å²) in [4.78, 5) is 0. The molecule has 5 N–H and O–H groups in total. The summed E-state index contributed by atoms with van der Waals surface area (Å²) in [6.07, 6.45) is -2.92. The molecule has 1 saturated heterocycles. The van der Waals surface area contributed by atoms with Crippen molar-refractivity contribution in [2.75, 3.05) is 6.61 Å². The number of piperidine rings is 1. The van der Waals surface area contributed by atoms with Gasteiger partial charge in [-0.25, -0.2) is 0 Å². The van der Waals surface area contributed by atoms with E-state index in [-0.39, 0.29) is 12.6 Å². The maximum atomic E-state index is 9.93. The predicted molar refractivity (Wildman–Crippen MR) is 66.0 cm³/mol. The number of benzene rings is 1. The van der Waals surface area contributed by atoms with Crippen LogP contribution in [0.3, 0.4) is 0 Å². The van der Waals surface area contributed by atoms with Crippen LogP contribution in [0, 0.1) is 0 Å². The zero-order valence-corrected chi connectivity index (χ0v) is 9.98. The number of hydrogen-bond donors (Lipinski definition) is 5. The van der Waals surface area contributed by atoms with Crippen molar-refractivity contribution in [1.82, 2.24) is 5.32 Å². The van der Waals surface area contributed by atoms with Gasteiger partial charge in [0, 0.05) is 6.04 Å². The first-order valence-corrected chi connectivity index (χ1v) is 6.08. The summed E-state index contributed by atoms with van der Waals surface area (Å²) in [5, 5.41) is 41.4. The van der Waals surface area contributed by atoms with Crippen LogP contribution in [0.5, 0.6) is 0 Å². The Hall–Kier alpha value is -0.980. The molecule has 5 nitrogen and oxygen atoms in total. The Morgan fingerprint density at radius 2 is 1.50 bits per heavy atom. The number of nitrogens with one attached hydrogen (secondary N) is 1. The minimum Gasteiger partial charge on any atom is -0.395 e. The van der Waals surface area contributed by atoms with Crippen LogP contribution in [0.25, 0.3) is 0 Å². The second-order valence-corrected chi connectivity index (χ2v) is 4.72. The van der Waals surface area contributed by atoms with Crippen molar-refractivity contribution < 1.29 is 20.4 Å². The third-order valence-electron chi connectivity index (χ3n) is 3.45. The fourth-order valence-electron chi connectivity index (χ4n) is 2.36. The fourth-order valence-corrected chi connectivity index (χ4v) is 2.36. The first kappa shape index (κ1) is 13.5. The molecular formula is C13H19NO4. The average Bonchev–Trinajstić information content (AvgIpc) is 2.40. The quantitative estimate of drug-likeness (QED) is 0.459. The topological polar surface area (TPSA) is 93.0 Å². The average molecular weight is 253 g/mol. The Bertz CT molecular complexity index is 371. The van der Waals surface area contributed by atoms with E-state index in [9.17, 15) is 15.3 Å². The third-order valence-corrected chi connectivity index (χ3v) is 3.45. The summed E-state index contributed by atoms with van der Waals surface area (Å²) in [5.74, 6) is 0. The molecule has 0 saturated carbocycles. The maximum Gasteiger partial charge on any atom is 0.109 e. The molecule has 5 heteroatoms. The van der Waals surface area contributed by atoms with Crippen molar-refractivity contribution in [3.63, 3.8) is 0 Å². The molecule has 1 aliphatic rings. The van der Waals surface area contributed by atoms with Crippen LogP contribution in [-0.4, -0.2) is 57.4 Å². The van der Waals surface area contributed by atoms with E-state index in [0.29, 0.717) is 6.42 Å². The summed E-state index contributed by atoms with van der Waals surface area (Å²) in [6.45, 7) is -0.282. The van der Waals surface area contributed by atoms with E-state index in [0.717, 1.165) is 5.56 Å². The zero-order valence-electron chi connectivity index (χ0n) is 9.98. The second-order valence-electron chi connectivity index (χ2n) is 4.72. The molecular weight excluding hydrogens is 234 g/mol. The summed E-state index contributed by atoms with van der Waals surface area (Å²) in [7, 11) is 0. The molecule has 0 spiro atoms. The summed E-state index contributed by atoms with van der Waals surface area (Å²) in [6, 6.07) is 8.57. The number of aliphatic hydroxyl groups is 4. The van der Waals surface area contributed by atoms with Gasteiger partial charge in [-0.2, -0.15) is 0 Å². The minimum atomic E-state index is -1.24. The van der Waals surface area contributed by atoms with Crippen LogP contribution in [-0.2, 0) is 6.42 Å². The van der Waals surface area contributed by atoms with Gasteiger partial charge in [-0.1, -0.05) is 30.3 Å². The highest BCUT2D eigenvalue weighted by Gasteiger charge is 2.41. The smallest absolute Gasteiger partial charge is 0.109 e. The molecule has 0 radical (unpaired) electrons. The van der Waals surface area contributed by atoms with Gasteiger partial charge in [-0.3, -0.25) is 0 Å². The van der Waals surface area contributed by atoms with Gasteiger partial charge in [0.2, 0.25) is 0 Å². The van der Waals surface area contributed by atoms with Gasteiger partial charge in [0.05, 0.1) is 24.9 Å². The van der Waals surface area contributed by atoms with Crippen molar-refractivity contribution in [2.45, 2.75) is 36.8 Å². The molecule has 5 atom stereocenters.